The fraction of sp³-hybridized carbons (Fsp3) is 0.320. The standard InChI is InChI=1S/C25H27N3O5/c1-27(2)25(30)21-23(29)18-8-6-5-7-17(18)22-24(21)33-20-15-16(9-10-19(20)26-22)28(3)11-12-32-14-13-31-4/h5-10,15H,11-14H2,1-4H3. The molecular formula is C25H27N3O5. The molecule has 8 nitrogen and oxygen atoms in total. The maximum Gasteiger partial charge on any atom is 0.261 e. The maximum absolute atomic E-state index is 13.2. The molecule has 1 heterocycles. The van der Waals surface area contributed by atoms with Crippen LogP contribution in [0.15, 0.2) is 51.7 Å². The number of hydrogen-bond donors (Lipinski definition) is 0. The van der Waals surface area contributed by atoms with Gasteiger partial charge >= 0.3 is 0 Å². The molecule has 0 aromatic heterocycles. The summed E-state index contributed by atoms with van der Waals surface area (Å²) in [5, 5.41) is 1.11. The molecule has 2 aromatic carbocycles. The van der Waals surface area contributed by atoms with Crippen molar-refractivity contribution in [2.45, 2.75) is 0 Å². The molecule has 8 heteroatoms. The number of methoxy groups -OCH3 is 1. The summed E-state index contributed by atoms with van der Waals surface area (Å²) in [6.45, 7) is 2.33. The summed E-state index contributed by atoms with van der Waals surface area (Å²) in [6.07, 6.45) is 0. The number of nitrogens with zero attached hydrogens (tertiary/aromatic N) is 3. The van der Waals surface area contributed by atoms with Gasteiger partial charge in [0.2, 0.25) is 5.43 Å². The molecule has 172 valence electrons. The number of carbonyl (C=O) groups is 1. The van der Waals surface area contributed by atoms with Crippen LogP contribution in [0.3, 0.4) is 0 Å². The Morgan fingerprint density at radius 1 is 1.03 bits per heavy atom. The van der Waals surface area contributed by atoms with Crippen molar-refractivity contribution in [1.82, 2.24) is 9.88 Å². The van der Waals surface area contributed by atoms with Gasteiger partial charge in [-0.05, 0) is 12.1 Å². The molecule has 1 aliphatic carbocycles. The molecule has 1 aliphatic heterocycles. The molecule has 33 heavy (non-hydrogen) atoms. The van der Waals surface area contributed by atoms with Crippen molar-refractivity contribution in [3.8, 4) is 11.5 Å². The van der Waals surface area contributed by atoms with Crippen molar-refractivity contribution in [3.05, 3.63) is 58.3 Å². The topological polar surface area (TPSA) is 85.1 Å². The zero-order valence-electron chi connectivity index (χ0n) is 19.3. The summed E-state index contributed by atoms with van der Waals surface area (Å²) in [6, 6.07) is 12.9. The SMILES string of the molecule is COCCOCCN(C)c1ccc2nc3c4ccccc4c(=O)c(C(=O)N(C)C)c-3oc2c1. The predicted octanol–water partition coefficient (Wildman–Crippen LogP) is 3.25. The highest BCUT2D eigenvalue weighted by atomic mass is 16.5. The first-order valence-corrected chi connectivity index (χ1v) is 10.7. The van der Waals surface area contributed by atoms with Crippen LogP contribution < -0.4 is 10.3 Å². The Bertz CT molecular complexity index is 1330. The van der Waals surface area contributed by atoms with Crippen LogP contribution in [0.1, 0.15) is 10.4 Å². The van der Waals surface area contributed by atoms with E-state index in [-0.39, 0.29) is 16.8 Å². The molecule has 0 saturated heterocycles. The van der Waals surface area contributed by atoms with E-state index >= 15 is 0 Å². The van der Waals surface area contributed by atoms with E-state index in [0.717, 1.165) is 5.69 Å². The smallest absolute Gasteiger partial charge is 0.261 e. The van der Waals surface area contributed by atoms with Crippen LogP contribution in [0.25, 0.3) is 33.3 Å². The first-order valence-electron chi connectivity index (χ1n) is 10.7. The van der Waals surface area contributed by atoms with Gasteiger partial charge in [0.1, 0.15) is 16.8 Å². The molecule has 0 atom stereocenters. The first kappa shape index (κ1) is 22.7. The third-order valence-electron chi connectivity index (χ3n) is 5.55. The number of carbonyl (C=O) groups excluding carboxylic acids is 1. The number of hydrogen-bond acceptors (Lipinski definition) is 7. The van der Waals surface area contributed by atoms with Gasteiger partial charge in [-0.2, -0.15) is 0 Å². The van der Waals surface area contributed by atoms with Gasteiger partial charge in [0.05, 0.1) is 19.8 Å². The molecule has 0 radical (unpaired) electrons. The van der Waals surface area contributed by atoms with Crippen LogP contribution >= 0.6 is 0 Å². The van der Waals surface area contributed by atoms with E-state index in [1.54, 1.807) is 33.3 Å². The molecule has 0 spiro atoms. The van der Waals surface area contributed by atoms with Crippen LogP contribution in [0.5, 0.6) is 0 Å². The van der Waals surface area contributed by atoms with Crippen molar-refractivity contribution >= 4 is 33.5 Å². The lowest BCUT2D eigenvalue weighted by atomic mass is 9.98. The van der Waals surface area contributed by atoms with E-state index in [1.807, 2.05) is 42.3 Å². The summed E-state index contributed by atoms with van der Waals surface area (Å²) in [4.78, 5) is 34.4. The van der Waals surface area contributed by atoms with Gasteiger partial charge in [0.15, 0.2) is 11.3 Å². The van der Waals surface area contributed by atoms with Crippen LogP contribution in [0.4, 0.5) is 5.69 Å². The van der Waals surface area contributed by atoms with Gasteiger partial charge in [-0.15, -0.1) is 0 Å². The van der Waals surface area contributed by atoms with E-state index in [2.05, 4.69) is 0 Å². The fourth-order valence-electron chi connectivity index (χ4n) is 3.71. The lowest BCUT2D eigenvalue weighted by Crippen LogP contribution is -2.29. The molecule has 0 saturated carbocycles. The van der Waals surface area contributed by atoms with E-state index in [0.29, 0.717) is 53.9 Å². The van der Waals surface area contributed by atoms with Crippen molar-refractivity contribution in [2.75, 3.05) is 59.5 Å². The van der Waals surface area contributed by atoms with Crippen molar-refractivity contribution in [1.29, 1.82) is 0 Å². The number of ether oxygens (including phenoxy) is 2. The second-order valence-corrected chi connectivity index (χ2v) is 8.02. The first-order chi connectivity index (χ1) is 15.9. The third-order valence-corrected chi connectivity index (χ3v) is 5.55. The number of fused-ring (bicyclic) bond motifs is 4. The minimum absolute atomic E-state index is 0.00611. The van der Waals surface area contributed by atoms with E-state index in [9.17, 15) is 9.59 Å². The number of amides is 1. The summed E-state index contributed by atoms with van der Waals surface area (Å²) >= 11 is 0. The quantitative estimate of drug-likeness (QED) is 0.232. The monoisotopic (exact) mass is 449 g/mol. The Morgan fingerprint density at radius 2 is 1.79 bits per heavy atom. The molecule has 1 amide bonds. The van der Waals surface area contributed by atoms with Crippen molar-refractivity contribution in [2.24, 2.45) is 0 Å². The van der Waals surface area contributed by atoms with Gasteiger partial charge in [0, 0.05) is 57.3 Å². The summed E-state index contributed by atoms with van der Waals surface area (Å²) in [5.41, 5.74) is 2.18. The second kappa shape index (κ2) is 9.56. The fourth-order valence-corrected chi connectivity index (χ4v) is 3.71. The minimum atomic E-state index is -0.415. The maximum atomic E-state index is 13.2. The molecule has 0 bridgehead atoms. The summed E-state index contributed by atoms with van der Waals surface area (Å²) in [7, 11) is 6.82. The average Bonchev–Trinajstić information content (AvgIpc) is 2.82. The minimum Gasteiger partial charge on any atom is -0.452 e. The van der Waals surface area contributed by atoms with Crippen molar-refractivity contribution < 1.29 is 18.7 Å². The van der Waals surface area contributed by atoms with Crippen LogP contribution in [0.2, 0.25) is 0 Å². The number of anilines is 1. The predicted molar refractivity (Wildman–Crippen MR) is 128 cm³/mol. The number of likely N-dealkylation sites (N-methyl/N-ethyl adjacent to an activating group) is 1. The largest absolute Gasteiger partial charge is 0.452 e. The van der Waals surface area contributed by atoms with Crippen LogP contribution in [-0.4, -0.2) is 70.4 Å². The van der Waals surface area contributed by atoms with E-state index in [1.165, 1.54) is 4.90 Å². The Labute approximate surface area is 191 Å². The highest BCUT2D eigenvalue weighted by Crippen LogP contribution is 2.34. The Hall–Kier alpha value is -3.49. The van der Waals surface area contributed by atoms with Gasteiger partial charge in [-0.25, -0.2) is 4.98 Å². The normalized spacial score (nSPS) is 11.4. The number of rotatable bonds is 8. The van der Waals surface area contributed by atoms with Crippen molar-refractivity contribution in [3.63, 3.8) is 0 Å². The molecule has 0 N–H and O–H groups in total. The molecule has 2 aliphatic rings. The molecule has 0 unspecified atom stereocenters. The summed E-state index contributed by atoms with van der Waals surface area (Å²) < 4.78 is 16.7. The van der Waals surface area contributed by atoms with Gasteiger partial charge in [0.25, 0.3) is 5.91 Å². The van der Waals surface area contributed by atoms with Gasteiger partial charge in [-0.1, -0.05) is 24.3 Å². The van der Waals surface area contributed by atoms with E-state index in [4.69, 9.17) is 18.9 Å². The number of aromatic nitrogens is 1. The second-order valence-electron chi connectivity index (χ2n) is 8.02. The molecular weight excluding hydrogens is 422 g/mol. The van der Waals surface area contributed by atoms with E-state index < -0.39 is 5.91 Å². The molecule has 4 rings (SSSR count). The molecule has 0 fully saturated rings. The highest BCUT2D eigenvalue weighted by molar-refractivity contribution is 6.08. The Kier molecular flexibility index (Phi) is 6.57. The van der Waals surface area contributed by atoms with Crippen LogP contribution in [0, 0.1) is 0 Å². The summed E-state index contributed by atoms with van der Waals surface area (Å²) in [5.74, 6) is -0.213. The lowest BCUT2D eigenvalue weighted by molar-refractivity contribution is 0.0744. The Balaban J connectivity index is 1.82. The van der Waals surface area contributed by atoms with Crippen LogP contribution in [-0.2, 0) is 9.47 Å². The average molecular weight is 450 g/mol. The van der Waals surface area contributed by atoms with Gasteiger partial charge < -0.3 is 23.7 Å². The van der Waals surface area contributed by atoms with Gasteiger partial charge in [-0.3, -0.25) is 9.59 Å². The Morgan fingerprint density at radius 3 is 2.52 bits per heavy atom. The lowest BCUT2D eigenvalue weighted by Gasteiger charge is -2.20. The zero-order valence-corrected chi connectivity index (χ0v) is 19.3. The zero-order chi connectivity index (χ0) is 23.5. The molecule has 2 aromatic rings. The highest BCUT2D eigenvalue weighted by Gasteiger charge is 2.27. The number of benzene rings is 3. The third kappa shape index (κ3) is 4.40.